The number of allylic oxidation sites excluding steroid dienone is 1. The van der Waals surface area contributed by atoms with Gasteiger partial charge in [-0.1, -0.05) is 25.5 Å². The standard InChI is InChI=1S/C21H27F5O2/c1-17-9-10-19(28,20(22,23)21(24,25)26)11-12(17)3-4-13-14-5-6-16(27)18(14,2)8-7-15(13)17/h3,13-15,28H,4-11H2,1-2H3/t13?,14?,15?,17-,18-,19-/m0/s1. The van der Waals surface area contributed by atoms with Crippen molar-refractivity contribution in [2.75, 3.05) is 0 Å². The molecule has 1 N–H and O–H groups in total. The van der Waals surface area contributed by atoms with Gasteiger partial charge in [-0.2, -0.15) is 22.0 Å². The lowest BCUT2D eigenvalue weighted by Crippen LogP contribution is -2.61. The van der Waals surface area contributed by atoms with Gasteiger partial charge in [0.15, 0.2) is 0 Å². The van der Waals surface area contributed by atoms with E-state index in [2.05, 4.69) is 0 Å². The molecule has 0 aliphatic heterocycles. The van der Waals surface area contributed by atoms with E-state index in [4.69, 9.17) is 0 Å². The monoisotopic (exact) mass is 406 g/mol. The van der Waals surface area contributed by atoms with E-state index in [0.717, 1.165) is 19.3 Å². The third-order valence-corrected chi connectivity index (χ3v) is 8.82. The molecule has 6 atom stereocenters. The first-order valence-corrected chi connectivity index (χ1v) is 10.2. The highest BCUT2D eigenvalue weighted by Crippen LogP contribution is 2.66. The van der Waals surface area contributed by atoms with Crippen LogP contribution in [0.4, 0.5) is 22.0 Å². The molecule has 0 radical (unpaired) electrons. The fraction of sp³-hybridized carbons (Fsp3) is 0.857. The molecule has 4 aliphatic rings. The zero-order valence-electron chi connectivity index (χ0n) is 16.2. The molecule has 3 saturated carbocycles. The van der Waals surface area contributed by atoms with Gasteiger partial charge in [-0.25, -0.2) is 0 Å². The van der Waals surface area contributed by atoms with Gasteiger partial charge in [0.05, 0.1) is 0 Å². The van der Waals surface area contributed by atoms with E-state index in [1.54, 1.807) is 6.08 Å². The lowest BCUT2D eigenvalue weighted by atomic mass is 9.47. The Bertz CT molecular complexity index is 729. The molecule has 28 heavy (non-hydrogen) atoms. The molecule has 0 aromatic rings. The number of aliphatic hydroxyl groups is 1. The molecule has 2 nitrogen and oxygen atoms in total. The molecule has 0 bridgehead atoms. The van der Waals surface area contributed by atoms with Crippen LogP contribution < -0.4 is 0 Å². The molecule has 0 aromatic heterocycles. The maximum atomic E-state index is 14.0. The van der Waals surface area contributed by atoms with Crippen LogP contribution in [0.2, 0.25) is 0 Å². The summed E-state index contributed by atoms with van der Waals surface area (Å²) in [5, 5.41) is 10.4. The minimum Gasteiger partial charge on any atom is -0.383 e. The highest BCUT2D eigenvalue weighted by Gasteiger charge is 2.72. The third-order valence-electron chi connectivity index (χ3n) is 8.82. The van der Waals surface area contributed by atoms with E-state index >= 15 is 0 Å². The van der Waals surface area contributed by atoms with Crippen LogP contribution in [0.25, 0.3) is 0 Å². The van der Waals surface area contributed by atoms with Gasteiger partial charge < -0.3 is 5.11 Å². The molecule has 0 saturated heterocycles. The van der Waals surface area contributed by atoms with E-state index in [0.29, 0.717) is 24.2 Å². The lowest BCUT2D eigenvalue weighted by molar-refractivity contribution is -0.346. The number of hydrogen-bond donors (Lipinski definition) is 1. The van der Waals surface area contributed by atoms with Gasteiger partial charge in [-0.05, 0) is 61.7 Å². The Morgan fingerprint density at radius 1 is 1.00 bits per heavy atom. The van der Waals surface area contributed by atoms with Crippen LogP contribution in [-0.2, 0) is 4.79 Å². The SMILES string of the molecule is C[C@]12CC[C@@](O)(C(F)(F)C(F)(F)F)CC1=CCC1C2CC[C@]2(C)C(=O)CCC12. The number of halogens is 5. The minimum absolute atomic E-state index is 0.111. The van der Waals surface area contributed by atoms with Crippen LogP contribution >= 0.6 is 0 Å². The first-order chi connectivity index (χ1) is 12.8. The average Bonchev–Trinajstić information content (AvgIpc) is 2.90. The number of ketones is 1. The van der Waals surface area contributed by atoms with Gasteiger partial charge >= 0.3 is 12.1 Å². The third kappa shape index (κ3) is 2.43. The van der Waals surface area contributed by atoms with Crippen LogP contribution in [0.1, 0.15) is 65.2 Å². The number of fused-ring (bicyclic) bond motifs is 5. The summed E-state index contributed by atoms with van der Waals surface area (Å²) in [6.07, 6.45) is -1.53. The van der Waals surface area contributed by atoms with Gasteiger partial charge in [-0.15, -0.1) is 0 Å². The summed E-state index contributed by atoms with van der Waals surface area (Å²) in [5.41, 5.74) is -3.35. The summed E-state index contributed by atoms with van der Waals surface area (Å²) in [4.78, 5) is 12.4. The van der Waals surface area contributed by atoms with Crippen LogP contribution in [0.5, 0.6) is 0 Å². The molecule has 0 amide bonds. The van der Waals surface area contributed by atoms with Crippen molar-refractivity contribution in [2.45, 2.75) is 82.9 Å². The fourth-order valence-corrected chi connectivity index (χ4v) is 6.95. The van der Waals surface area contributed by atoms with Gasteiger partial charge in [0.1, 0.15) is 11.4 Å². The first kappa shape index (κ1) is 20.3. The highest BCUT2D eigenvalue weighted by atomic mass is 19.4. The largest absolute Gasteiger partial charge is 0.456 e. The molecule has 7 heteroatoms. The summed E-state index contributed by atoms with van der Waals surface area (Å²) < 4.78 is 66.8. The molecule has 3 unspecified atom stereocenters. The summed E-state index contributed by atoms with van der Waals surface area (Å²) in [5.74, 6) is -4.15. The second-order valence-electron chi connectivity index (χ2n) is 9.96. The average molecular weight is 406 g/mol. The summed E-state index contributed by atoms with van der Waals surface area (Å²) >= 11 is 0. The van der Waals surface area contributed by atoms with Gasteiger partial charge in [-0.3, -0.25) is 4.79 Å². The Labute approximate surface area is 161 Å². The molecule has 158 valence electrons. The molecule has 0 heterocycles. The number of hydrogen-bond acceptors (Lipinski definition) is 2. The summed E-state index contributed by atoms with van der Waals surface area (Å²) in [6.45, 7) is 3.99. The maximum absolute atomic E-state index is 14.0. The zero-order chi connectivity index (χ0) is 20.8. The molecular formula is C21H27F5O2. The molecule has 3 fully saturated rings. The maximum Gasteiger partial charge on any atom is 0.456 e. The molecule has 0 spiro atoms. The van der Waals surface area contributed by atoms with Crippen molar-refractivity contribution < 1.29 is 31.9 Å². The predicted molar refractivity (Wildman–Crippen MR) is 92.7 cm³/mol. The highest BCUT2D eigenvalue weighted by molar-refractivity contribution is 5.87. The van der Waals surface area contributed by atoms with E-state index < -0.39 is 36.0 Å². The smallest absolute Gasteiger partial charge is 0.383 e. The summed E-state index contributed by atoms with van der Waals surface area (Å²) in [6, 6.07) is 0. The van der Waals surface area contributed by atoms with Gasteiger partial charge in [0.25, 0.3) is 0 Å². The van der Waals surface area contributed by atoms with Crippen LogP contribution in [0.3, 0.4) is 0 Å². The number of carbonyl (C=O) groups excluding carboxylic acids is 1. The molecule has 0 aromatic carbocycles. The van der Waals surface area contributed by atoms with Crippen LogP contribution in [-0.4, -0.2) is 28.6 Å². The minimum atomic E-state index is -5.77. The molecular weight excluding hydrogens is 379 g/mol. The normalized spacial score (nSPS) is 46.5. The molecule has 4 aliphatic carbocycles. The Kier molecular flexibility index (Phi) is 4.20. The van der Waals surface area contributed by atoms with Crippen molar-refractivity contribution in [1.29, 1.82) is 0 Å². The Balaban J connectivity index is 1.65. The van der Waals surface area contributed by atoms with E-state index in [9.17, 15) is 31.9 Å². The topological polar surface area (TPSA) is 37.3 Å². The Morgan fingerprint density at radius 3 is 2.29 bits per heavy atom. The number of rotatable bonds is 1. The van der Waals surface area contributed by atoms with E-state index in [-0.39, 0.29) is 29.6 Å². The quantitative estimate of drug-likeness (QED) is 0.465. The summed E-state index contributed by atoms with van der Waals surface area (Å²) in [7, 11) is 0. The molecule has 4 rings (SSSR count). The van der Waals surface area contributed by atoms with Crippen molar-refractivity contribution in [1.82, 2.24) is 0 Å². The number of Topliss-reactive ketones (excluding diaryl/α,β-unsaturated/α-hetero) is 1. The van der Waals surface area contributed by atoms with Crippen molar-refractivity contribution in [3.05, 3.63) is 11.6 Å². The fourth-order valence-electron chi connectivity index (χ4n) is 6.95. The van der Waals surface area contributed by atoms with E-state index in [1.807, 2.05) is 13.8 Å². The Morgan fingerprint density at radius 2 is 1.64 bits per heavy atom. The number of carbonyl (C=O) groups is 1. The second-order valence-corrected chi connectivity index (χ2v) is 9.96. The van der Waals surface area contributed by atoms with E-state index in [1.165, 1.54) is 0 Å². The van der Waals surface area contributed by atoms with Crippen molar-refractivity contribution in [2.24, 2.45) is 28.6 Å². The predicted octanol–water partition coefficient (Wildman–Crippen LogP) is 5.45. The Hall–Kier alpha value is -0.980. The van der Waals surface area contributed by atoms with Gasteiger partial charge in [0.2, 0.25) is 0 Å². The number of alkyl halides is 5. The van der Waals surface area contributed by atoms with Crippen molar-refractivity contribution in [3.63, 3.8) is 0 Å². The van der Waals surface area contributed by atoms with Crippen molar-refractivity contribution in [3.8, 4) is 0 Å². The second kappa shape index (κ2) is 5.79. The zero-order valence-corrected chi connectivity index (χ0v) is 16.2. The van der Waals surface area contributed by atoms with Crippen LogP contribution in [0, 0.1) is 28.6 Å². The van der Waals surface area contributed by atoms with Crippen molar-refractivity contribution >= 4 is 5.78 Å². The lowest BCUT2D eigenvalue weighted by Gasteiger charge is -2.58. The first-order valence-electron chi connectivity index (χ1n) is 10.2. The van der Waals surface area contributed by atoms with Crippen LogP contribution in [0.15, 0.2) is 11.6 Å². The van der Waals surface area contributed by atoms with Gasteiger partial charge in [0, 0.05) is 18.3 Å².